The second kappa shape index (κ2) is 5.10. The van der Waals surface area contributed by atoms with Gasteiger partial charge >= 0.3 is 0 Å². The van der Waals surface area contributed by atoms with Crippen LogP contribution in [0.1, 0.15) is 25.7 Å². The van der Waals surface area contributed by atoms with Crippen LogP contribution in [-0.4, -0.2) is 50.3 Å². The van der Waals surface area contributed by atoms with Gasteiger partial charge in [-0.3, -0.25) is 4.90 Å². The Morgan fingerprint density at radius 3 is 2.43 bits per heavy atom. The first-order chi connectivity index (χ1) is 6.92. The van der Waals surface area contributed by atoms with Gasteiger partial charge in [0.2, 0.25) is 0 Å². The maximum absolute atomic E-state index is 5.51. The standard InChI is InChI=1S/C11H22N2O/c1-14-11-9-12-8-10(11)13-6-4-2-3-5-7-13/h10-12H,2-9H2,1H3/t10?,11-/m0/s1. The molecule has 0 saturated carbocycles. The molecule has 2 saturated heterocycles. The molecule has 0 aromatic carbocycles. The molecule has 1 N–H and O–H groups in total. The zero-order valence-corrected chi connectivity index (χ0v) is 9.17. The van der Waals surface area contributed by atoms with E-state index >= 15 is 0 Å². The molecule has 0 aliphatic carbocycles. The lowest BCUT2D eigenvalue weighted by molar-refractivity contribution is 0.0453. The minimum absolute atomic E-state index is 0.410. The van der Waals surface area contributed by atoms with E-state index in [1.165, 1.54) is 38.8 Å². The second-order valence-corrected chi connectivity index (χ2v) is 4.45. The third-order valence-electron chi connectivity index (χ3n) is 3.54. The third-order valence-corrected chi connectivity index (χ3v) is 3.54. The summed E-state index contributed by atoms with van der Waals surface area (Å²) in [5.41, 5.74) is 0. The van der Waals surface area contributed by atoms with E-state index in [1.807, 2.05) is 7.11 Å². The zero-order chi connectivity index (χ0) is 9.80. The van der Waals surface area contributed by atoms with Crippen molar-refractivity contribution in [2.75, 3.05) is 33.3 Å². The molecule has 2 rings (SSSR count). The van der Waals surface area contributed by atoms with Gasteiger partial charge in [0, 0.05) is 26.2 Å². The lowest BCUT2D eigenvalue weighted by Gasteiger charge is -2.30. The average molecular weight is 198 g/mol. The first kappa shape index (κ1) is 10.4. The highest BCUT2D eigenvalue weighted by Crippen LogP contribution is 2.17. The Hall–Kier alpha value is -0.120. The van der Waals surface area contributed by atoms with Crippen LogP contribution in [0.5, 0.6) is 0 Å². The molecule has 2 aliphatic rings. The second-order valence-electron chi connectivity index (χ2n) is 4.45. The smallest absolute Gasteiger partial charge is 0.0862 e. The van der Waals surface area contributed by atoms with Crippen LogP contribution in [0.25, 0.3) is 0 Å². The third kappa shape index (κ3) is 2.27. The summed E-state index contributed by atoms with van der Waals surface area (Å²) in [7, 11) is 1.84. The van der Waals surface area contributed by atoms with Gasteiger partial charge in [-0.25, -0.2) is 0 Å². The van der Waals surface area contributed by atoms with Crippen LogP contribution in [0, 0.1) is 0 Å². The Morgan fingerprint density at radius 2 is 1.79 bits per heavy atom. The summed E-state index contributed by atoms with van der Waals surface area (Å²) >= 11 is 0. The monoisotopic (exact) mass is 198 g/mol. The number of likely N-dealkylation sites (tertiary alicyclic amines) is 1. The number of nitrogens with one attached hydrogen (secondary N) is 1. The Bertz CT molecular complexity index is 167. The number of hydrogen-bond acceptors (Lipinski definition) is 3. The van der Waals surface area contributed by atoms with Crippen LogP contribution >= 0.6 is 0 Å². The van der Waals surface area contributed by atoms with Gasteiger partial charge in [0.15, 0.2) is 0 Å². The van der Waals surface area contributed by atoms with Gasteiger partial charge in [-0.15, -0.1) is 0 Å². The number of rotatable bonds is 2. The van der Waals surface area contributed by atoms with E-state index in [4.69, 9.17) is 4.74 Å². The maximum atomic E-state index is 5.51. The normalized spacial score (nSPS) is 35.8. The van der Waals surface area contributed by atoms with E-state index in [2.05, 4.69) is 10.2 Å². The SMILES string of the molecule is CO[C@H]1CNCC1N1CCCCCC1. The van der Waals surface area contributed by atoms with Crippen molar-refractivity contribution in [3.05, 3.63) is 0 Å². The van der Waals surface area contributed by atoms with Crippen LogP contribution in [0.15, 0.2) is 0 Å². The molecule has 2 atom stereocenters. The van der Waals surface area contributed by atoms with Crippen molar-refractivity contribution >= 4 is 0 Å². The summed E-state index contributed by atoms with van der Waals surface area (Å²) in [6, 6.07) is 0.623. The fraction of sp³-hybridized carbons (Fsp3) is 1.00. The molecule has 3 heteroatoms. The van der Waals surface area contributed by atoms with Gasteiger partial charge in [0.25, 0.3) is 0 Å². The lowest BCUT2D eigenvalue weighted by Crippen LogP contribution is -2.44. The fourth-order valence-corrected chi connectivity index (χ4v) is 2.67. The maximum Gasteiger partial charge on any atom is 0.0862 e. The van der Waals surface area contributed by atoms with Crippen LogP contribution in [0.4, 0.5) is 0 Å². The van der Waals surface area contributed by atoms with E-state index in [0.29, 0.717) is 12.1 Å². The van der Waals surface area contributed by atoms with Crippen molar-refractivity contribution in [1.29, 1.82) is 0 Å². The summed E-state index contributed by atoms with van der Waals surface area (Å²) in [6.07, 6.45) is 5.97. The minimum Gasteiger partial charge on any atom is -0.378 e. The lowest BCUT2D eigenvalue weighted by atomic mass is 10.1. The van der Waals surface area contributed by atoms with E-state index in [-0.39, 0.29) is 0 Å². The van der Waals surface area contributed by atoms with Crippen molar-refractivity contribution in [2.45, 2.75) is 37.8 Å². The molecule has 82 valence electrons. The summed E-state index contributed by atoms with van der Waals surface area (Å²) < 4.78 is 5.51. The Balaban J connectivity index is 1.91. The number of ether oxygens (including phenoxy) is 1. The van der Waals surface area contributed by atoms with E-state index in [0.717, 1.165) is 13.1 Å². The number of nitrogens with zero attached hydrogens (tertiary/aromatic N) is 1. The van der Waals surface area contributed by atoms with E-state index in [1.54, 1.807) is 0 Å². The molecule has 0 spiro atoms. The Morgan fingerprint density at radius 1 is 1.07 bits per heavy atom. The largest absolute Gasteiger partial charge is 0.378 e. The quantitative estimate of drug-likeness (QED) is 0.712. The van der Waals surface area contributed by atoms with Gasteiger partial charge < -0.3 is 10.1 Å². The first-order valence-electron chi connectivity index (χ1n) is 5.89. The number of methoxy groups -OCH3 is 1. The minimum atomic E-state index is 0.410. The first-order valence-corrected chi connectivity index (χ1v) is 5.89. The van der Waals surface area contributed by atoms with Gasteiger partial charge in [-0.05, 0) is 25.9 Å². The van der Waals surface area contributed by atoms with Gasteiger partial charge in [-0.1, -0.05) is 12.8 Å². The molecule has 14 heavy (non-hydrogen) atoms. The predicted molar refractivity (Wildman–Crippen MR) is 57.5 cm³/mol. The van der Waals surface area contributed by atoms with Gasteiger partial charge in [0.05, 0.1) is 6.10 Å². The molecule has 0 aromatic heterocycles. The van der Waals surface area contributed by atoms with Crippen molar-refractivity contribution in [2.24, 2.45) is 0 Å². The van der Waals surface area contributed by atoms with Crippen LogP contribution < -0.4 is 5.32 Å². The van der Waals surface area contributed by atoms with Crippen molar-refractivity contribution < 1.29 is 4.74 Å². The highest BCUT2D eigenvalue weighted by atomic mass is 16.5. The van der Waals surface area contributed by atoms with Gasteiger partial charge in [0.1, 0.15) is 0 Å². The molecule has 2 fully saturated rings. The van der Waals surface area contributed by atoms with Crippen molar-refractivity contribution in [3.8, 4) is 0 Å². The van der Waals surface area contributed by atoms with Crippen molar-refractivity contribution in [1.82, 2.24) is 10.2 Å². The van der Waals surface area contributed by atoms with Gasteiger partial charge in [-0.2, -0.15) is 0 Å². The number of hydrogen-bond donors (Lipinski definition) is 1. The summed E-state index contributed by atoms with van der Waals surface area (Å²) in [5, 5.41) is 3.42. The molecular weight excluding hydrogens is 176 g/mol. The van der Waals surface area contributed by atoms with Crippen LogP contribution in [0.3, 0.4) is 0 Å². The molecule has 2 heterocycles. The molecule has 0 aromatic rings. The van der Waals surface area contributed by atoms with E-state index < -0.39 is 0 Å². The molecule has 0 amide bonds. The Labute approximate surface area is 86.8 Å². The predicted octanol–water partition coefficient (Wildman–Crippen LogP) is 0.849. The molecular formula is C11H22N2O. The molecule has 0 bridgehead atoms. The average Bonchev–Trinajstić information content (AvgIpc) is 2.52. The van der Waals surface area contributed by atoms with Crippen molar-refractivity contribution in [3.63, 3.8) is 0 Å². The van der Waals surface area contributed by atoms with Crippen LogP contribution in [0.2, 0.25) is 0 Å². The Kier molecular flexibility index (Phi) is 3.79. The summed E-state index contributed by atoms with van der Waals surface area (Å²) in [4.78, 5) is 2.63. The van der Waals surface area contributed by atoms with E-state index in [9.17, 15) is 0 Å². The van der Waals surface area contributed by atoms with Crippen LogP contribution in [-0.2, 0) is 4.74 Å². The fourth-order valence-electron chi connectivity index (χ4n) is 2.67. The summed E-state index contributed by atoms with van der Waals surface area (Å²) in [5.74, 6) is 0. The molecule has 1 unspecified atom stereocenters. The summed E-state index contributed by atoms with van der Waals surface area (Å²) in [6.45, 7) is 4.68. The zero-order valence-electron chi connectivity index (χ0n) is 9.17. The topological polar surface area (TPSA) is 24.5 Å². The molecule has 0 radical (unpaired) electrons. The highest BCUT2D eigenvalue weighted by molar-refractivity contribution is 4.90. The molecule has 3 nitrogen and oxygen atoms in total. The molecule has 2 aliphatic heterocycles. The highest BCUT2D eigenvalue weighted by Gasteiger charge is 2.31.